The largest absolute Gasteiger partial charge is 0.394 e. The number of carbonyl (C=O) groups is 1. The van der Waals surface area contributed by atoms with E-state index < -0.39 is 17.8 Å². The monoisotopic (exact) mass is 301 g/mol. The summed E-state index contributed by atoms with van der Waals surface area (Å²) >= 11 is 0. The molecule has 116 valence electrons. The van der Waals surface area contributed by atoms with E-state index in [1.807, 2.05) is 24.3 Å². The zero-order chi connectivity index (χ0) is 16.1. The molecule has 2 N–H and O–H groups in total. The third-order valence-electron chi connectivity index (χ3n) is 3.64. The fourth-order valence-corrected chi connectivity index (χ4v) is 2.27. The molecule has 0 saturated heterocycles. The van der Waals surface area contributed by atoms with Crippen LogP contribution < -0.4 is 5.32 Å². The molecular formula is C18H20FNO2. The summed E-state index contributed by atoms with van der Waals surface area (Å²) in [4.78, 5) is 12.2. The van der Waals surface area contributed by atoms with Crippen molar-refractivity contribution in [1.29, 1.82) is 0 Å². The predicted octanol–water partition coefficient (Wildman–Crippen LogP) is 3.16. The lowest BCUT2D eigenvalue weighted by atomic mass is 10.0. The van der Waals surface area contributed by atoms with Crippen LogP contribution >= 0.6 is 0 Å². The number of halogens is 1. The average molecular weight is 301 g/mol. The van der Waals surface area contributed by atoms with Crippen LogP contribution in [0, 0.1) is 12.7 Å². The number of benzene rings is 2. The minimum absolute atomic E-state index is 0.0105. The first kappa shape index (κ1) is 16.2. The van der Waals surface area contributed by atoms with E-state index in [4.69, 9.17) is 0 Å². The molecule has 0 saturated carbocycles. The Labute approximate surface area is 129 Å². The van der Waals surface area contributed by atoms with Crippen LogP contribution in [0.15, 0.2) is 42.5 Å². The average Bonchev–Trinajstić information content (AvgIpc) is 2.54. The fraction of sp³-hybridized carbons (Fsp3) is 0.278. The standard InChI is InChI=1S/C18H20FNO2/c1-3-13-5-7-14(8-6-13)17(11-21)20-18(22)15-10-12(2)4-9-16(15)19/h4-10,17,21H,3,11H2,1-2H3,(H,20,22). The van der Waals surface area contributed by atoms with E-state index >= 15 is 0 Å². The number of carbonyl (C=O) groups excluding carboxylic acids is 1. The zero-order valence-corrected chi connectivity index (χ0v) is 12.8. The number of nitrogens with one attached hydrogen (secondary N) is 1. The maximum Gasteiger partial charge on any atom is 0.254 e. The first-order valence-corrected chi connectivity index (χ1v) is 7.31. The lowest BCUT2D eigenvalue weighted by molar-refractivity contribution is 0.0912. The van der Waals surface area contributed by atoms with Crippen molar-refractivity contribution in [1.82, 2.24) is 5.32 Å². The van der Waals surface area contributed by atoms with E-state index in [1.54, 1.807) is 13.0 Å². The summed E-state index contributed by atoms with van der Waals surface area (Å²) in [6.07, 6.45) is 0.922. The maximum atomic E-state index is 13.8. The van der Waals surface area contributed by atoms with Gasteiger partial charge >= 0.3 is 0 Å². The van der Waals surface area contributed by atoms with Gasteiger partial charge in [0.25, 0.3) is 5.91 Å². The second kappa shape index (κ2) is 7.18. The third-order valence-corrected chi connectivity index (χ3v) is 3.64. The van der Waals surface area contributed by atoms with Crippen LogP contribution in [-0.4, -0.2) is 17.6 Å². The molecule has 0 fully saturated rings. The summed E-state index contributed by atoms with van der Waals surface area (Å²) < 4.78 is 13.8. The van der Waals surface area contributed by atoms with E-state index in [0.717, 1.165) is 17.5 Å². The molecule has 2 rings (SSSR count). The number of hydrogen-bond donors (Lipinski definition) is 2. The molecule has 0 aliphatic carbocycles. The number of aliphatic hydroxyl groups excluding tert-OH is 1. The fourth-order valence-electron chi connectivity index (χ4n) is 2.27. The van der Waals surface area contributed by atoms with Crippen molar-refractivity contribution in [3.63, 3.8) is 0 Å². The Morgan fingerprint density at radius 3 is 2.50 bits per heavy atom. The smallest absolute Gasteiger partial charge is 0.254 e. The molecule has 2 aromatic rings. The topological polar surface area (TPSA) is 49.3 Å². The van der Waals surface area contributed by atoms with Crippen LogP contribution in [0.4, 0.5) is 4.39 Å². The molecular weight excluding hydrogens is 281 g/mol. The van der Waals surface area contributed by atoms with Gasteiger partial charge in [-0.3, -0.25) is 4.79 Å². The lowest BCUT2D eigenvalue weighted by Crippen LogP contribution is -2.31. The quantitative estimate of drug-likeness (QED) is 0.891. The van der Waals surface area contributed by atoms with E-state index in [2.05, 4.69) is 12.2 Å². The van der Waals surface area contributed by atoms with Crippen molar-refractivity contribution in [3.8, 4) is 0 Å². The number of aryl methyl sites for hydroxylation is 2. The number of hydrogen-bond acceptors (Lipinski definition) is 2. The molecule has 0 radical (unpaired) electrons. The van der Waals surface area contributed by atoms with Gasteiger partial charge in [-0.1, -0.05) is 42.8 Å². The molecule has 0 aliphatic rings. The van der Waals surface area contributed by atoms with Crippen molar-refractivity contribution in [2.45, 2.75) is 26.3 Å². The minimum atomic E-state index is -0.568. The van der Waals surface area contributed by atoms with Crippen LogP contribution in [0.2, 0.25) is 0 Å². The summed E-state index contributed by atoms with van der Waals surface area (Å²) in [6.45, 7) is 3.61. The molecule has 0 heterocycles. The van der Waals surface area contributed by atoms with Gasteiger partial charge in [0.15, 0.2) is 0 Å². The van der Waals surface area contributed by atoms with Gasteiger partial charge in [0.1, 0.15) is 5.82 Å². The highest BCUT2D eigenvalue weighted by Gasteiger charge is 2.17. The van der Waals surface area contributed by atoms with Gasteiger partial charge < -0.3 is 10.4 Å². The molecule has 22 heavy (non-hydrogen) atoms. The number of amides is 1. The van der Waals surface area contributed by atoms with Crippen molar-refractivity contribution in [2.24, 2.45) is 0 Å². The van der Waals surface area contributed by atoms with Crippen LogP contribution in [-0.2, 0) is 6.42 Å². The summed E-state index contributed by atoms with van der Waals surface area (Å²) in [5.41, 5.74) is 2.76. The molecule has 3 nitrogen and oxygen atoms in total. The first-order valence-electron chi connectivity index (χ1n) is 7.31. The third kappa shape index (κ3) is 3.71. The highest BCUT2D eigenvalue weighted by molar-refractivity contribution is 5.94. The van der Waals surface area contributed by atoms with E-state index in [9.17, 15) is 14.3 Å². The number of rotatable bonds is 5. The highest BCUT2D eigenvalue weighted by atomic mass is 19.1. The summed E-state index contributed by atoms with van der Waals surface area (Å²) in [5.74, 6) is -1.10. The van der Waals surface area contributed by atoms with Gasteiger partial charge in [-0.25, -0.2) is 4.39 Å². The highest BCUT2D eigenvalue weighted by Crippen LogP contribution is 2.16. The second-order valence-electron chi connectivity index (χ2n) is 5.29. The molecule has 1 amide bonds. The molecule has 4 heteroatoms. The molecule has 0 aromatic heterocycles. The Hall–Kier alpha value is -2.20. The molecule has 1 atom stereocenters. The van der Waals surface area contributed by atoms with Gasteiger partial charge in [0, 0.05) is 0 Å². The van der Waals surface area contributed by atoms with E-state index in [-0.39, 0.29) is 12.2 Å². The van der Waals surface area contributed by atoms with Gasteiger partial charge in [-0.05, 0) is 36.6 Å². The molecule has 2 aromatic carbocycles. The molecule has 0 aliphatic heterocycles. The Kier molecular flexibility index (Phi) is 5.28. The van der Waals surface area contributed by atoms with Crippen LogP contribution in [0.3, 0.4) is 0 Å². The Balaban J connectivity index is 2.18. The zero-order valence-electron chi connectivity index (χ0n) is 12.8. The predicted molar refractivity (Wildman–Crippen MR) is 84.3 cm³/mol. The van der Waals surface area contributed by atoms with Gasteiger partial charge in [0.05, 0.1) is 18.2 Å². The number of aliphatic hydroxyl groups is 1. The van der Waals surface area contributed by atoms with Crippen molar-refractivity contribution in [3.05, 3.63) is 70.5 Å². The van der Waals surface area contributed by atoms with Crippen LogP contribution in [0.5, 0.6) is 0 Å². The summed E-state index contributed by atoms with van der Waals surface area (Å²) in [7, 11) is 0. The Morgan fingerprint density at radius 1 is 1.23 bits per heavy atom. The van der Waals surface area contributed by atoms with Gasteiger partial charge in [0.2, 0.25) is 0 Å². The van der Waals surface area contributed by atoms with E-state index in [0.29, 0.717) is 0 Å². The second-order valence-corrected chi connectivity index (χ2v) is 5.29. The van der Waals surface area contributed by atoms with Gasteiger partial charge in [-0.2, -0.15) is 0 Å². The summed E-state index contributed by atoms with van der Waals surface area (Å²) in [6, 6.07) is 11.5. The first-order chi connectivity index (χ1) is 10.5. The Morgan fingerprint density at radius 2 is 1.91 bits per heavy atom. The normalized spacial score (nSPS) is 12.0. The van der Waals surface area contributed by atoms with Crippen molar-refractivity contribution >= 4 is 5.91 Å². The molecule has 0 spiro atoms. The van der Waals surface area contributed by atoms with E-state index in [1.165, 1.54) is 17.7 Å². The van der Waals surface area contributed by atoms with Crippen LogP contribution in [0.25, 0.3) is 0 Å². The lowest BCUT2D eigenvalue weighted by Gasteiger charge is -2.17. The summed E-state index contributed by atoms with van der Waals surface area (Å²) in [5, 5.41) is 12.2. The van der Waals surface area contributed by atoms with Crippen molar-refractivity contribution < 1.29 is 14.3 Å². The molecule has 1 unspecified atom stereocenters. The SMILES string of the molecule is CCc1ccc(C(CO)NC(=O)c2cc(C)ccc2F)cc1. The minimum Gasteiger partial charge on any atom is -0.394 e. The van der Waals surface area contributed by atoms with Gasteiger partial charge in [-0.15, -0.1) is 0 Å². The van der Waals surface area contributed by atoms with Crippen molar-refractivity contribution in [2.75, 3.05) is 6.61 Å². The maximum absolute atomic E-state index is 13.8. The van der Waals surface area contributed by atoms with Crippen LogP contribution in [0.1, 0.15) is 40.0 Å². The molecule has 0 bridgehead atoms. The Bertz CT molecular complexity index is 653.